The fourth-order valence-electron chi connectivity index (χ4n) is 9.05. The summed E-state index contributed by atoms with van der Waals surface area (Å²) < 4.78 is 47.6. The van der Waals surface area contributed by atoms with Gasteiger partial charge in [0.1, 0.15) is 54.8 Å². The van der Waals surface area contributed by atoms with Crippen LogP contribution in [0.4, 0.5) is 15.4 Å². The molecule has 0 aliphatic carbocycles. The second-order valence-corrected chi connectivity index (χ2v) is 23.0. The first-order chi connectivity index (χ1) is 40.6. The molecular weight excluding hydrogens is 1200 g/mol. The SMILES string of the molecule is CC(C)(C)OC(=O)N1CC[C@@H](N)C1.COC(=O)c1ccc(Oc2ccnc3c2c(I)nn3Cc2ccc(OC)cc2)cc1.COC(=O)c1ccc(Oc2ccnc3c2c(N[C@@H]2CCN(C(=O)OC(C)(C)C)C2)nn3Cc2ccc(OC)cc2)cc1. The van der Waals surface area contributed by atoms with Crippen LogP contribution in [0.1, 0.15) is 86.2 Å². The van der Waals surface area contributed by atoms with Crippen LogP contribution < -0.4 is 30.0 Å². The fourth-order valence-corrected chi connectivity index (χ4v) is 9.81. The standard InChI is InChI=1S/C31H35N5O6.C22H18IN3O4.C9H18N2O2/c1-31(2,3)42-30(38)35-17-15-22(19-35)33-27-26-25(41-24-12-8-21(9-13-24)29(37)40-5)14-16-32-28(26)36(34-27)18-20-6-10-23(39-4)11-7-20;1-28-16-7-3-14(4-8-16)13-26-21-19(20(23)25-26)18(11-12-24-21)30-17-9-5-15(6-10-17)22(27)29-2;1-9(2,3)13-8(12)11-5-4-7(10)6-11/h6-14,16,22H,15,17-19H2,1-5H3,(H,33,34);3-12H,13H2,1-2H3;7H,4-6,10H2,1-3H3/t22-;;7-/m1.1/s1. The molecule has 0 spiro atoms. The zero-order valence-electron chi connectivity index (χ0n) is 49.3. The van der Waals surface area contributed by atoms with Crippen molar-refractivity contribution in [3.63, 3.8) is 0 Å². The molecule has 6 heterocycles. The van der Waals surface area contributed by atoms with Crippen LogP contribution in [0.3, 0.4) is 0 Å². The number of rotatable bonds is 14. The van der Waals surface area contributed by atoms with Crippen LogP contribution in [-0.2, 0) is 32.0 Å². The summed E-state index contributed by atoms with van der Waals surface area (Å²) in [5.74, 6) is 3.73. The summed E-state index contributed by atoms with van der Waals surface area (Å²) in [6.45, 7) is 14.6. The van der Waals surface area contributed by atoms with Crippen molar-refractivity contribution in [3.05, 3.63) is 148 Å². The van der Waals surface area contributed by atoms with Crippen molar-refractivity contribution < 1.29 is 57.1 Å². The van der Waals surface area contributed by atoms with E-state index in [2.05, 4.69) is 43.0 Å². The highest BCUT2D eigenvalue weighted by atomic mass is 127. The zero-order valence-corrected chi connectivity index (χ0v) is 51.4. The van der Waals surface area contributed by atoms with Gasteiger partial charge in [0.15, 0.2) is 17.1 Å². The van der Waals surface area contributed by atoms with Crippen LogP contribution in [0.2, 0.25) is 0 Å². The van der Waals surface area contributed by atoms with Gasteiger partial charge in [-0.3, -0.25) is 0 Å². The van der Waals surface area contributed by atoms with Gasteiger partial charge in [-0.2, -0.15) is 10.2 Å². The number of halogens is 1. The number of carbonyl (C=O) groups excluding carboxylic acids is 4. The summed E-state index contributed by atoms with van der Waals surface area (Å²) in [6, 6.07) is 32.8. The molecular formula is C62H71IN10O12. The van der Waals surface area contributed by atoms with E-state index in [9.17, 15) is 19.2 Å². The molecule has 85 heavy (non-hydrogen) atoms. The van der Waals surface area contributed by atoms with Crippen molar-refractivity contribution in [2.45, 2.75) is 90.8 Å². The number of amides is 2. The summed E-state index contributed by atoms with van der Waals surface area (Å²) in [5, 5.41) is 14.6. The normalized spacial score (nSPS) is 14.8. The van der Waals surface area contributed by atoms with Crippen molar-refractivity contribution in [2.24, 2.45) is 5.73 Å². The summed E-state index contributed by atoms with van der Waals surface area (Å²) >= 11 is 2.19. The average molecular weight is 1280 g/mol. The molecule has 2 aliphatic rings. The van der Waals surface area contributed by atoms with Crippen LogP contribution in [0.25, 0.3) is 22.1 Å². The molecule has 0 saturated carbocycles. The molecule has 0 radical (unpaired) electrons. The minimum atomic E-state index is -0.563. The Morgan fingerprint density at radius 1 is 0.565 bits per heavy atom. The van der Waals surface area contributed by atoms with Gasteiger partial charge in [-0.05, 0) is 161 Å². The van der Waals surface area contributed by atoms with E-state index in [1.807, 2.05) is 99.4 Å². The molecule has 0 bridgehead atoms. The summed E-state index contributed by atoms with van der Waals surface area (Å²) in [6.07, 6.45) is 4.40. The predicted octanol–water partition coefficient (Wildman–Crippen LogP) is 11.1. The first-order valence-corrected chi connectivity index (χ1v) is 28.5. The number of ether oxygens (including phenoxy) is 8. The highest BCUT2D eigenvalue weighted by molar-refractivity contribution is 14.1. The Labute approximate surface area is 506 Å². The Morgan fingerprint density at radius 3 is 1.42 bits per heavy atom. The molecule has 4 aromatic heterocycles. The van der Waals surface area contributed by atoms with Gasteiger partial charge < -0.3 is 58.7 Å². The van der Waals surface area contributed by atoms with E-state index in [4.69, 9.17) is 48.7 Å². The first kappa shape index (κ1) is 62.3. The molecule has 0 unspecified atom stereocenters. The van der Waals surface area contributed by atoms with Gasteiger partial charge in [-0.1, -0.05) is 24.3 Å². The number of nitrogens with zero attached hydrogens (tertiary/aromatic N) is 8. The third-order valence-corrected chi connectivity index (χ3v) is 13.9. The van der Waals surface area contributed by atoms with Crippen LogP contribution in [0.5, 0.6) is 34.5 Å². The number of anilines is 1. The Kier molecular flexibility index (Phi) is 20.4. The van der Waals surface area contributed by atoms with Crippen molar-refractivity contribution in [3.8, 4) is 34.5 Å². The van der Waals surface area contributed by atoms with Gasteiger partial charge in [0.25, 0.3) is 0 Å². The van der Waals surface area contributed by atoms with Crippen LogP contribution in [0, 0.1) is 3.70 Å². The lowest BCUT2D eigenvalue weighted by Gasteiger charge is -2.24. The average Bonchev–Trinajstić information content (AvgIpc) is 2.18. The highest BCUT2D eigenvalue weighted by Crippen LogP contribution is 2.37. The largest absolute Gasteiger partial charge is 0.497 e. The van der Waals surface area contributed by atoms with Gasteiger partial charge >= 0.3 is 24.1 Å². The molecule has 4 aromatic carbocycles. The number of nitrogens with two attached hydrogens (primary N) is 1. The van der Waals surface area contributed by atoms with Crippen molar-refractivity contribution in [1.82, 2.24) is 39.3 Å². The molecule has 23 heteroatoms. The first-order valence-electron chi connectivity index (χ1n) is 27.4. The number of fused-ring (bicyclic) bond motifs is 2. The summed E-state index contributed by atoms with van der Waals surface area (Å²) in [4.78, 5) is 60.1. The number of likely N-dealkylation sites (tertiary alicyclic amines) is 2. The smallest absolute Gasteiger partial charge is 0.410 e. The fraction of sp³-hybridized carbons (Fsp3) is 0.355. The Hall–Kier alpha value is -8.71. The quantitative estimate of drug-likeness (QED) is 0.0583. The third kappa shape index (κ3) is 16.8. The van der Waals surface area contributed by atoms with Crippen molar-refractivity contribution in [2.75, 3.05) is 59.9 Å². The topological polar surface area (TPSA) is 248 Å². The second kappa shape index (κ2) is 27.8. The van der Waals surface area contributed by atoms with E-state index in [-0.39, 0.29) is 30.2 Å². The van der Waals surface area contributed by atoms with Crippen molar-refractivity contribution >= 4 is 74.6 Å². The molecule has 10 rings (SSSR count). The molecule has 2 amide bonds. The number of aromatic nitrogens is 6. The predicted molar refractivity (Wildman–Crippen MR) is 328 cm³/mol. The number of carbonyl (C=O) groups is 4. The number of esters is 2. The molecule has 8 aromatic rings. The lowest BCUT2D eigenvalue weighted by molar-refractivity contribution is 0.0282. The highest BCUT2D eigenvalue weighted by Gasteiger charge is 2.32. The number of hydrogen-bond donors (Lipinski definition) is 2. The molecule has 3 N–H and O–H groups in total. The van der Waals surface area contributed by atoms with E-state index < -0.39 is 17.2 Å². The minimum Gasteiger partial charge on any atom is -0.497 e. The number of hydrogen-bond acceptors (Lipinski definition) is 18. The summed E-state index contributed by atoms with van der Waals surface area (Å²) in [7, 11) is 5.98. The van der Waals surface area contributed by atoms with Gasteiger partial charge in [-0.25, -0.2) is 38.5 Å². The van der Waals surface area contributed by atoms with Gasteiger partial charge in [-0.15, -0.1) is 0 Å². The van der Waals surface area contributed by atoms with Crippen LogP contribution >= 0.6 is 22.6 Å². The number of methoxy groups -OCH3 is 4. The Morgan fingerprint density at radius 2 is 0.988 bits per heavy atom. The van der Waals surface area contributed by atoms with E-state index in [1.54, 1.807) is 97.1 Å². The zero-order chi connectivity index (χ0) is 61.0. The van der Waals surface area contributed by atoms with E-state index in [1.165, 1.54) is 14.2 Å². The van der Waals surface area contributed by atoms with Crippen LogP contribution in [-0.4, -0.2) is 141 Å². The third-order valence-electron chi connectivity index (χ3n) is 13.2. The van der Waals surface area contributed by atoms with Gasteiger partial charge in [0.05, 0.1) is 58.0 Å². The van der Waals surface area contributed by atoms with E-state index >= 15 is 0 Å². The molecule has 2 fully saturated rings. The summed E-state index contributed by atoms with van der Waals surface area (Å²) in [5.41, 5.74) is 9.07. The molecule has 2 atom stereocenters. The van der Waals surface area contributed by atoms with Crippen LogP contribution in [0.15, 0.2) is 122 Å². The number of benzene rings is 4. The van der Waals surface area contributed by atoms with Crippen molar-refractivity contribution in [1.29, 1.82) is 0 Å². The lowest BCUT2D eigenvalue weighted by atomic mass is 10.2. The lowest BCUT2D eigenvalue weighted by Crippen LogP contribution is -2.36. The second-order valence-electron chi connectivity index (χ2n) is 21.9. The maximum Gasteiger partial charge on any atom is 0.410 e. The molecule has 2 saturated heterocycles. The van der Waals surface area contributed by atoms with E-state index in [0.29, 0.717) is 83.7 Å². The van der Waals surface area contributed by atoms with Gasteiger partial charge in [0, 0.05) is 62.8 Å². The maximum atomic E-state index is 12.7. The molecule has 2 aliphatic heterocycles. The maximum absolute atomic E-state index is 12.7. The minimum absolute atomic E-state index is 0.0440. The Balaban J connectivity index is 0.000000189. The molecule has 448 valence electrons. The van der Waals surface area contributed by atoms with E-state index in [0.717, 1.165) is 56.7 Å². The van der Waals surface area contributed by atoms with Gasteiger partial charge in [0.2, 0.25) is 0 Å². The number of nitrogens with one attached hydrogen (secondary N) is 1. The molecule has 22 nitrogen and oxygen atoms in total. The monoisotopic (exact) mass is 1270 g/mol. The Bertz CT molecular complexity index is 3580. The number of pyridine rings is 2.